The molecular weight excluding hydrogens is 276 g/mol. The van der Waals surface area contributed by atoms with Crippen LogP contribution in [0.4, 0.5) is 0 Å². The molecule has 0 fully saturated rings. The number of rotatable bonds is 2. The van der Waals surface area contributed by atoms with Gasteiger partial charge in [0.1, 0.15) is 0 Å². The van der Waals surface area contributed by atoms with Crippen molar-refractivity contribution in [2.45, 2.75) is 6.54 Å². The normalized spacial score (nSPS) is 9.94. The third-order valence-corrected chi connectivity index (χ3v) is 3.37. The summed E-state index contributed by atoms with van der Waals surface area (Å²) < 4.78 is 0.977. The minimum absolute atomic E-state index is 0.501. The van der Waals surface area contributed by atoms with Crippen molar-refractivity contribution >= 4 is 15.9 Å². The molecule has 2 N–H and O–H groups in total. The van der Waals surface area contributed by atoms with Gasteiger partial charge in [-0.15, -0.1) is 0 Å². The van der Waals surface area contributed by atoms with E-state index in [1.807, 2.05) is 42.5 Å². The number of nitriles is 1. The molecule has 3 heteroatoms. The maximum atomic E-state index is 9.07. The molecular formula is C14H11BrN2. The molecule has 84 valence electrons. The Bertz CT molecular complexity index is 585. The molecule has 0 radical (unpaired) electrons. The van der Waals surface area contributed by atoms with Crippen molar-refractivity contribution < 1.29 is 0 Å². The van der Waals surface area contributed by atoms with Crippen molar-refractivity contribution in [2.75, 3.05) is 0 Å². The van der Waals surface area contributed by atoms with Gasteiger partial charge in [-0.05, 0) is 28.8 Å². The summed E-state index contributed by atoms with van der Waals surface area (Å²) >= 11 is 3.49. The molecule has 0 aromatic heterocycles. The van der Waals surface area contributed by atoms with Crippen LogP contribution in [0.1, 0.15) is 11.1 Å². The maximum absolute atomic E-state index is 9.07. The summed E-state index contributed by atoms with van der Waals surface area (Å²) in [6.45, 7) is 0.501. The number of hydrogen-bond acceptors (Lipinski definition) is 2. The Morgan fingerprint density at radius 2 is 1.94 bits per heavy atom. The Morgan fingerprint density at radius 3 is 2.59 bits per heavy atom. The highest BCUT2D eigenvalue weighted by molar-refractivity contribution is 9.10. The minimum atomic E-state index is 0.501. The van der Waals surface area contributed by atoms with E-state index in [0.29, 0.717) is 12.1 Å². The van der Waals surface area contributed by atoms with Crippen molar-refractivity contribution in [1.82, 2.24) is 0 Å². The Morgan fingerprint density at radius 1 is 1.18 bits per heavy atom. The zero-order valence-electron chi connectivity index (χ0n) is 9.15. The predicted octanol–water partition coefficient (Wildman–Crippen LogP) is 3.45. The van der Waals surface area contributed by atoms with Gasteiger partial charge < -0.3 is 5.73 Å². The van der Waals surface area contributed by atoms with Crippen molar-refractivity contribution in [3.63, 3.8) is 0 Å². The van der Waals surface area contributed by atoms with E-state index in [2.05, 4.69) is 22.0 Å². The second-order valence-electron chi connectivity index (χ2n) is 3.67. The first-order chi connectivity index (χ1) is 8.26. The maximum Gasteiger partial charge on any atom is 0.0998 e. The van der Waals surface area contributed by atoms with E-state index < -0.39 is 0 Å². The van der Waals surface area contributed by atoms with Gasteiger partial charge >= 0.3 is 0 Å². The van der Waals surface area contributed by atoms with E-state index >= 15 is 0 Å². The fourth-order valence-corrected chi connectivity index (χ4v) is 2.25. The minimum Gasteiger partial charge on any atom is -0.326 e. The number of nitrogens with two attached hydrogens (primary N) is 1. The largest absolute Gasteiger partial charge is 0.326 e. The zero-order chi connectivity index (χ0) is 12.3. The van der Waals surface area contributed by atoms with Crippen LogP contribution in [0.5, 0.6) is 0 Å². The summed E-state index contributed by atoms with van der Waals surface area (Å²) in [5.41, 5.74) is 9.32. The smallest absolute Gasteiger partial charge is 0.0998 e. The van der Waals surface area contributed by atoms with Crippen LogP contribution in [0, 0.1) is 11.3 Å². The Hall–Kier alpha value is -1.63. The number of nitrogens with zero attached hydrogens (tertiary/aromatic N) is 1. The molecule has 2 aromatic rings. The molecule has 0 spiro atoms. The van der Waals surface area contributed by atoms with Crippen molar-refractivity contribution in [3.8, 4) is 17.2 Å². The zero-order valence-corrected chi connectivity index (χ0v) is 10.7. The van der Waals surface area contributed by atoms with Gasteiger partial charge in [-0.2, -0.15) is 5.26 Å². The third kappa shape index (κ3) is 2.38. The Kier molecular flexibility index (Phi) is 3.58. The van der Waals surface area contributed by atoms with Gasteiger partial charge in [0.05, 0.1) is 11.6 Å². The molecule has 0 saturated carbocycles. The Balaban J connectivity index is 2.54. The SMILES string of the molecule is N#Cc1ccccc1-c1ccc(CN)c(Br)c1. The van der Waals surface area contributed by atoms with Crippen LogP contribution in [0.3, 0.4) is 0 Å². The summed E-state index contributed by atoms with van der Waals surface area (Å²) in [5.74, 6) is 0. The molecule has 2 aromatic carbocycles. The van der Waals surface area contributed by atoms with Crippen LogP contribution in [0.15, 0.2) is 46.9 Å². The lowest BCUT2D eigenvalue weighted by atomic mass is 9.99. The van der Waals surface area contributed by atoms with Crippen LogP contribution >= 0.6 is 15.9 Å². The van der Waals surface area contributed by atoms with E-state index in [-0.39, 0.29) is 0 Å². The molecule has 0 aliphatic carbocycles. The molecule has 0 unspecified atom stereocenters. The van der Waals surface area contributed by atoms with Crippen LogP contribution in [-0.4, -0.2) is 0 Å². The van der Waals surface area contributed by atoms with E-state index in [4.69, 9.17) is 11.0 Å². The summed E-state index contributed by atoms with van der Waals surface area (Å²) in [6.07, 6.45) is 0. The van der Waals surface area contributed by atoms with Crippen LogP contribution in [0.2, 0.25) is 0 Å². The molecule has 0 bridgehead atoms. The van der Waals surface area contributed by atoms with E-state index in [9.17, 15) is 0 Å². The summed E-state index contributed by atoms with van der Waals surface area (Å²) in [5, 5.41) is 9.07. The van der Waals surface area contributed by atoms with Gasteiger partial charge in [0.2, 0.25) is 0 Å². The van der Waals surface area contributed by atoms with Gasteiger partial charge in [0.25, 0.3) is 0 Å². The lowest BCUT2D eigenvalue weighted by Crippen LogP contribution is -1.97. The fourth-order valence-electron chi connectivity index (χ4n) is 1.71. The summed E-state index contributed by atoms with van der Waals surface area (Å²) in [6, 6.07) is 15.7. The third-order valence-electron chi connectivity index (χ3n) is 2.63. The lowest BCUT2D eigenvalue weighted by molar-refractivity contribution is 1.06. The van der Waals surface area contributed by atoms with E-state index in [1.54, 1.807) is 0 Å². The molecule has 0 amide bonds. The number of halogens is 1. The monoisotopic (exact) mass is 286 g/mol. The first kappa shape index (κ1) is 11.8. The second kappa shape index (κ2) is 5.13. The highest BCUT2D eigenvalue weighted by Gasteiger charge is 2.06. The van der Waals surface area contributed by atoms with Crippen molar-refractivity contribution in [1.29, 1.82) is 5.26 Å². The van der Waals surface area contributed by atoms with Crippen LogP contribution in [-0.2, 0) is 6.54 Å². The molecule has 0 aliphatic rings. The fraction of sp³-hybridized carbons (Fsp3) is 0.0714. The molecule has 2 rings (SSSR count). The second-order valence-corrected chi connectivity index (χ2v) is 4.52. The first-order valence-electron chi connectivity index (χ1n) is 5.24. The quantitative estimate of drug-likeness (QED) is 0.919. The summed E-state index contributed by atoms with van der Waals surface area (Å²) in [7, 11) is 0. The van der Waals surface area contributed by atoms with Gasteiger partial charge in [0.15, 0.2) is 0 Å². The van der Waals surface area contributed by atoms with Crippen molar-refractivity contribution in [3.05, 3.63) is 58.1 Å². The highest BCUT2D eigenvalue weighted by atomic mass is 79.9. The molecule has 2 nitrogen and oxygen atoms in total. The average molecular weight is 287 g/mol. The number of hydrogen-bond donors (Lipinski definition) is 1. The highest BCUT2D eigenvalue weighted by Crippen LogP contribution is 2.27. The molecule has 0 saturated heterocycles. The average Bonchev–Trinajstić information content (AvgIpc) is 2.38. The van der Waals surface area contributed by atoms with Gasteiger partial charge in [0, 0.05) is 11.0 Å². The number of benzene rings is 2. The summed E-state index contributed by atoms with van der Waals surface area (Å²) in [4.78, 5) is 0. The van der Waals surface area contributed by atoms with Gasteiger partial charge in [-0.25, -0.2) is 0 Å². The van der Waals surface area contributed by atoms with E-state index in [0.717, 1.165) is 21.2 Å². The molecule has 0 aliphatic heterocycles. The van der Waals surface area contributed by atoms with Crippen molar-refractivity contribution in [2.24, 2.45) is 5.73 Å². The molecule has 0 heterocycles. The van der Waals surface area contributed by atoms with Crippen LogP contribution in [0.25, 0.3) is 11.1 Å². The topological polar surface area (TPSA) is 49.8 Å². The molecule has 0 atom stereocenters. The molecule has 17 heavy (non-hydrogen) atoms. The van der Waals surface area contributed by atoms with Crippen LogP contribution < -0.4 is 5.73 Å². The standard InChI is InChI=1S/C14H11BrN2/c15-14-7-10(5-6-12(14)9-17)13-4-2-1-3-11(13)8-16/h1-7H,9,17H2. The first-order valence-corrected chi connectivity index (χ1v) is 6.03. The van der Waals surface area contributed by atoms with Gasteiger partial charge in [-0.3, -0.25) is 0 Å². The van der Waals surface area contributed by atoms with E-state index in [1.165, 1.54) is 0 Å². The predicted molar refractivity (Wildman–Crippen MR) is 72.2 cm³/mol. The van der Waals surface area contributed by atoms with Gasteiger partial charge in [-0.1, -0.05) is 46.3 Å². The Labute approximate surface area is 109 Å². The lowest BCUT2D eigenvalue weighted by Gasteiger charge is -2.07.